The number of carbonyl (C=O) groups is 1. The maximum atomic E-state index is 12.4. The Labute approximate surface area is 125 Å². The Hall–Kier alpha value is -2.95. The molecule has 0 fully saturated rings. The summed E-state index contributed by atoms with van der Waals surface area (Å²) in [4.78, 5) is 12.4. The molecule has 0 saturated carbocycles. The quantitative estimate of drug-likeness (QED) is 0.718. The van der Waals surface area contributed by atoms with Crippen molar-refractivity contribution in [1.29, 1.82) is 0 Å². The van der Waals surface area contributed by atoms with Gasteiger partial charge in [-0.15, -0.1) is 0 Å². The molecule has 2 heterocycles. The summed E-state index contributed by atoms with van der Waals surface area (Å²) in [7, 11) is 0. The molecular formula is C17H12O5. The molecule has 5 nitrogen and oxygen atoms in total. The molecule has 0 radical (unpaired) electrons. The second kappa shape index (κ2) is 4.53. The lowest BCUT2D eigenvalue weighted by atomic mass is 9.94. The molecule has 1 aliphatic rings. The number of ether oxygens (including phenoxy) is 1. The van der Waals surface area contributed by atoms with Gasteiger partial charge >= 0.3 is 0 Å². The molecule has 1 aromatic heterocycles. The summed E-state index contributed by atoms with van der Waals surface area (Å²) in [6, 6.07) is 9.75. The molecular weight excluding hydrogens is 284 g/mol. The van der Waals surface area contributed by atoms with Gasteiger partial charge in [0, 0.05) is 6.07 Å². The Bertz CT molecular complexity index is 876. The first-order valence-corrected chi connectivity index (χ1v) is 6.85. The van der Waals surface area contributed by atoms with Gasteiger partial charge in [0.15, 0.2) is 5.78 Å². The number of carbonyl (C=O) groups excluding carboxylic acids is 1. The Morgan fingerprint density at radius 2 is 1.86 bits per heavy atom. The van der Waals surface area contributed by atoms with Crippen molar-refractivity contribution in [3.63, 3.8) is 0 Å². The summed E-state index contributed by atoms with van der Waals surface area (Å²) in [6.07, 6.45) is 1.14. The fourth-order valence-corrected chi connectivity index (χ4v) is 2.77. The number of hydrogen-bond donors (Lipinski definition) is 2. The van der Waals surface area contributed by atoms with Crippen molar-refractivity contribution >= 4 is 16.8 Å². The molecule has 0 saturated heterocycles. The molecule has 0 amide bonds. The highest BCUT2D eigenvalue weighted by Crippen LogP contribution is 2.43. The van der Waals surface area contributed by atoms with Gasteiger partial charge in [-0.2, -0.15) is 0 Å². The molecule has 2 aromatic carbocycles. The first-order valence-electron chi connectivity index (χ1n) is 6.85. The molecule has 110 valence electrons. The Morgan fingerprint density at radius 1 is 1.09 bits per heavy atom. The predicted octanol–water partition coefficient (Wildman–Crippen LogP) is 3.55. The van der Waals surface area contributed by atoms with Gasteiger partial charge < -0.3 is 19.4 Å². The molecule has 1 aliphatic heterocycles. The lowest BCUT2D eigenvalue weighted by molar-refractivity contribution is 0.0846. The number of furan rings is 1. The molecule has 2 N–H and O–H groups in total. The van der Waals surface area contributed by atoms with Gasteiger partial charge in [0.25, 0.3) is 0 Å². The zero-order valence-corrected chi connectivity index (χ0v) is 11.4. The van der Waals surface area contributed by atoms with E-state index < -0.39 is 6.10 Å². The zero-order chi connectivity index (χ0) is 15.3. The maximum absolute atomic E-state index is 12.4. The number of benzene rings is 2. The number of phenolic OH excluding ortho intramolecular Hbond substituents is 2. The van der Waals surface area contributed by atoms with Gasteiger partial charge in [-0.25, -0.2) is 0 Å². The number of phenols is 2. The zero-order valence-electron chi connectivity index (χ0n) is 11.4. The summed E-state index contributed by atoms with van der Waals surface area (Å²) in [5.41, 5.74) is 1.45. The molecule has 22 heavy (non-hydrogen) atoms. The van der Waals surface area contributed by atoms with Crippen LogP contribution in [-0.2, 0) is 0 Å². The second-order valence-electron chi connectivity index (χ2n) is 5.26. The van der Waals surface area contributed by atoms with Crippen molar-refractivity contribution < 1.29 is 24.2 Å². The molecule has 0 spiro atoms. The number of aromatic hydroxyl groups is 2. The van der Waals surface area contributed by atoms with Crippen LogP contribution in [0, 0.1) is 0 Å². The van der Waals surface area contributed by atoms with Gasteiger partial charge in [0.1, 0.15) is 34.5 Å². The van der Waals surface area contributed by atoms with Crippen LogP contribution in [0.3, 0.4) is 0 Å². The van der Waals surface area contributed by atoms with E-state index >= 15 is 0 Å². The van der Waals surface area contributed by atoms with Crippen LogP contribution in [0.1, 0.15) is 28.4 Å². The maximum Gasteiger partial charge on any atom is 0.174 e. The third-order valence-electron chi connectivity index (χ3n) is 3.88. The summed E-state index contributed by atoms with van der Waals surface area (Å²) in [5, 5.41) is 20.1. The third-order valence-corrected chi connectivity index (χ3v) is 3.88. The summed E-state index contributed by atoms with van der Waals surface area (Å²) in [6.45, 7) is 0. The lowest BCUT2D eigenvalue weighted by Crippen LogP contribution is -2.20. The molecule has 0 unspecified atom stereocenters. The molecule has 4 rings (SSSR count). The van der Waals surface area contributed by atoms with Crippen LogP contribution in [-0.4, -0.2) is 16.0 Å². The minimum atomic E-state index is -0.451. The SMILES string of the molecule is O=C1C[C@@H](c2ccc(O)cc2)Oc2cc3occc3c(O)c21. The van der Waals surface area contributed by atoms with Crippen molar-refractivity contribution in [3.8, 4) is 17.2 Å². The van der Waals surface area contributed by atoms with Crippen LogP contribution in [0.15, 0.2) is 47.1 Å². The van der Waals surface area contributed by atoms with E-state index in [2.05, 4.69) is 0 Å². The number of ketones is 1. The van der Waals surface area contributed by atoms with E-state index in [1.807, 2.05) is 0 Å². The van der Waals surface area contributed by atoms with Crippen LogP contribution >= 0.6 is 0 Å². The van der Waals surface area contributed by atoms with E-state index in [1.54, 1.807) is 36.4 Å². The van der Waals surface area contributed by atoms with Gasteiger partial charge in [0.2, 0.25) is 0 Å². The van der Waals surface area contributed by atoms with Crippen molar-refractivity contribution in [3.05, 3.63) is 53.8 Å². The fraction of sp³-hybridized carbons (Fsp3) is 0.118. The predicted molar refractivity (Wildman–Crippen MR) is 78.3 cm³/mol. The summed E-state index contributed by atoms with van der Waals surface area (Å²) < 4.78 is 11.1. The Morgan fingerprint density at radius 3 is 2.64 bits per heavy atom. The molecule has 5 heteroatoms. The van der Waals surface area contributed by atoms with Crippen LogP contribution in [0.4, 0.5) is 0 Å². The number of Topliss-reactive ketones (excluding diaryl/α,β-unsaturated/α-hetero) is 1. The van der Waals surface area contributed by atoms with Gasteiger partial charge in [0.05, 0.1) is 18.1 Å². The van der Waals surface area contributed by atoms with Crippen molar-refractivity contribution in [2.75, 3.05) is 0 Å². The highest BCUT2D eigenvalue weighted by molar-refractivity contribution is 6.07. The van der Waals surface area contributed by atoms with E-state index in [9.17, 15) is 15.0 Å². The van der Waals surface area contributed by atoms with Crippen LogP contribution in [0.5, 0.6) is 17.2 Å². The summed E-state index contributed by atoms with van der Waals surface area (Å²) in [5.74, 6) is 0.186. The van der Waals surface area contributed by atoms with E-state index in [0.29, 0.717) is 16.7 Å². The van der Waals surface area contributed by atoms with Crippen LogP contribution < -0.4 is 4.74 Å². The fourth-order valence-electron chi connectivity index (χ4n) is 2.77. The minimum Gasteiger partial charge on any atom is -0.508 e. The van der Waals surface area contributed by atoms with Crippen molar-refractivity contribution in [2.45, 2.75) is 12.5 Å². The Kier molecular flexibility index (Phi) is 2.63. The standard InChI is InChI=1S/C17H12O5/c18-10-3-1-9(2-4-10)13-7-12(19)16-15(22-13)8-14-11(17(16)20)5-6-21-14/h1-6,8,13,18,20H,7H2/t13-/m0/s1. The van der Waals surface area contributed by atoms with Gasteiger partial charge in [-0.05, 0) is 23.8 Å². The molecule has 0 aliphatic carbocycles. The third kappa shape index (κ3) is 1.83. The first-order chi connectivity index (χ1) is 10.6. The Balaban J connectivity index is 1.81. The largest absolute Gasteiger partial charge is 0.508 e. The number of hydrogen-bond acceptors (Lipinski definition) is 5. The molecule has 0 bridgehead atoms. The van der Waals surface area contributed by atoms with E-state index in [0.717, 1.165) is 5.56 Å². The van der Waals surface area contributed by atoms with Gasteiger partial charge in [-0.1, -0.05) is 12.1 Å². The van der Waals surface area contributed by atoms with Crippen LogP contribution in [0.2, 0.25) is 0 Å². The average Bonchev–Trinajstić information content (AvgIpc) is 2.96. The number of rotatable bonds is 1. The monoisotopic (exact) mass is 296 g/mol. The molecule has 1 atom stereocenters. The topological polar surface area (TPSA) is 79.9 Å². The smallest absolute Gasteiger partial charge is 0.174 e. The molecule has 3 aromatic rings. The lowest BCUT2D eigenvalue weighted by Gasteiger charge is -2.26. The normalized spacial score (nSPS) is 17.3. The van der Waals surface area contributed by atoms with Crippen molar-refractivity contribution in [2.24, 2.45) is 0 Å². The minimum absolute atomic E-state index is 0.101. The van der Waals surface area contributed by atoms with Crippen LogP contribution in [0.25, 0.3) is 11.0 Å². The second-order valence-corrected chi connectivity index (χ2v) is 5.26. The highest BCUT2D eigenvalue weighted by atomic mass is 16.5. The highest BCUT2D eigenvalue weighted by Gasteiger charge is 2.31. The van der Waals surface area contributed by atoms with E-state index in [1.165, 1.54) is 6.26 Å². The van der Waals surface area contributed by atoms with E-state index in [-0.39, 0.29) is 29.3 Å². The van der Waals surface area contributed by atoms with Crippen molar-refractivity contribution in [1.82, 2.24) is 0 Å². The average molecular weight is 296 g/mol. The van der Waals surface area contributed by atoms with Gasteiger partial charge in [-0.3, -0.25) is 4.79 Å². The summed E-state index contributed by atoms with van der Waals surface area (Å²) >= 11 is 0. The van der Waals surface area contributed by atoms with E-state index in [4.69, 9.17) is 9.15 Å². The first kappa shape index (κ1) is 12.8. The number of fused-ring (bicyclic) bond motifs is 2.